The second-order valence-corrected chi connectivity index (χ2v) is 21.8. The van der Waals surface area contributed by atoms with Gasteiger partial charge >= 0.3 is 5.97 Å². The van der Waals surface area contributed by atoms with Crippen LogP contribution in [0.5, 0.6) is 0 Å². The molecule has 40 nitrogen and oxygen atoms in total. The number of aliphatic carboxylic acids is 1. The number of amides is 3. The maximum Gasteiger partial charge on any atom is 0.335 e. The molecule has 0 bridgehead atoms. The van der Waals surface area contributed by atoms with Crippen molar-refractivity contribution in [3.05, 3.63) is 0 Å². The van der Waals surface area contributed by atoms with Crippen molar-refractivity contribution in [1.29, 1.82) is 0 Å². The van der Waals surface area contributed by atoms with Gasteiger partial charge in [0.1, 0.15) is 165 Å². The van der Waals surface area contributed by atoms with E-state index in [4.69, 9.17) is 61.6 Å². The molecule has 0 saturated carbocycles. The van der Waals surface area contributed by atoms with Gasteiger partial charge in [0.2, 0.25) is 17.7 Å². The highest BCUT2D eigenvalue weighted by Gasteiger charge is 2.60. The van der Waals surface area contributed by atoms with Gasteiger partial charge in [-0.25, -0.2) is 4.79 Å². The van der Waals surface area contributed by atoms with Gasteiger partial charge in [0.25, 0.3) is 0 Å². The molecule has 23 N–H and O–H groups in total. The van der Waals surface area contributed by atoms with Gasteiger partial charge in [0.05, 0.1) is 39.6 Å². The third kappa shape index (κ3) is 15.5. The third-order valence-electron chi connectivity index (χ3n) is 15.7. The quantitative estimate of drug-likeness (QED) is 0.0479. The van der Waals surface area contributed by atoms with Crippen molar-refractivity contribution < 1.29 is 183 Å². The van der Waals surface area contributed by atoms with E-state index >= 15 is 0 Å². The van der Waals surface area contributed by atoms with Crippen molar-refractivity contribution in [3.8, 4) is 0 Å². The van der Waals surface area contributed by atoms with E-state index in [-0.39, 0.29) is 0 Å². The van der Waals surface area contributed by atoms with Gasteiger partial charge in [0, 0.05) is 20.8 Å². The van der Waals surface area contributed by atoms with Crippen molar-refractivity contribution in [3.63, 3.8) is 0 Å². The van der Waals surface area contributed by atoms with E-state index < -0.39 is 278 Å². The smallest absolute Gasteiger partial charge is 0.335 e. The van der Waals surface area contributed by atoms with Crippen LogP contribution in [0.4, 0.5) is 0 Å². The van der Waals surface area contributed by atoms with Crippen LogP contribution in [0.25, 0.3) is 0 Å². The molecule has 0 aliphatic carbocycles. The van der Waals surface area contributed by atoms with Crippen LogP contribution in [0.3, 0.4) is 0 Å². The van der Waals surface area contributed by atoms with Crippen molar-refractivity contribution in [1.82, 2.24) is 16.0 Å². The molecule has 0 aromatic carbocycles. The van der Waals surface area contributed by atoms with E-state index in [1.807, 2.05) is 0 Å². The topological polar surface area (TPSA) is 629 Å². The molecule has 40 heteroatoms. The highest BCUT2D eigenvalue weighted by atomic mass is 16.8. The number of carbonyl (C=O) groups excluding carboxylic acids is 3. The number of aliphatic hydroxyl groups is 19. The van der Waals surface area contributed by atoms with Crippen LogP contribution in [0, 0.1) is 0 Å². The highest BCUT2D eigenvalue weighted by Crippen LogP contribution is 2.38. The number of carboxylic acids is 1. The fraction of sp³-hybridized carbons (Fsp3) is 0.917. The molecule has 0 aromatic rings. The van der Waals surface area contributed by atoms with E-state index in [1.165, 1.54) is 0 Å². The molecule has 7 fully saturated rings. The Kier molecular flexibility index (Phi) is 25.4. The summed E-state index contributed by atoms with van der Waals surface area (Å²) in [6.45, 7) is -3.40. The van der Waals surface area contributed by atoms with E-state index in [9.17, 15) is 121 Å². The molecule has 0 radical (unpaired) electrons. The summed E-state index contributed by atoms with van der Waals surface area (Å²) < 4.78 is 74.6. The number of carboxylic acid groups (broad SMARTS) is 1. The first-order valence-corrected chi connectivity index (χ1v) is 27.6. The molecule has 35 atom stereocenters. The number of carbonyl (C=O) groups is 4. The van der Waals surface area contributed by atoms with Gasteiger partial charge in [-0.3, -0.25) is 14.4 Å². The number of aliphatic hydroxyl groups excluding tert-OH is 19. The minimum Gasteiger partial charge on any atom is -0.479 e. The van der Waals surface area contributed by atoms with Gasteiger partial charge in [-0.2, -0.15) is 0 Å². The van der Waals surface area contributed by atoms with Crippen LogP contribution in [0.1, 0.15) is 20.8 Å². The summed E-state index contributed by atoms with van der Waals surface area (Å²) in [4.78, 5) is 50.3. The first kappa shape index (κ1) is 72.0. The van der Waals surface area contributed by atoms with Gasteiger partial charge in [0.15, 0.2) is 50.1 Å². The maximum absolute atomic E-state index is 12.9. The minimum absolute atomic E-state index is 0.890. The Bertz CT molecular complexity index is 2270. The first-order valence-electron chi connectivity index (χ1n) is 27.6. The van der Waals surface area contributed by atoms with E-state index in [1.54, 1.807) is 0 Å². The van der Waals surface area contributed by atoms with Gasteiger partial charge in [-0.05, 0) is 0 Å². The lowest BCUT2D eigenvalue weighted by molar-refractivity contribution is -0.383. The predicted octanol–water partition coefficient (Wildman–Crippen LogP) is -15.8. The lowest BCUT2D eigenvalue weighted by atomic mass is 9.93. The number of ether oxygens (including phenoxy) is 13. The van der Waals surface area contributed by atoms with Gasteiger partial charge < -0.3 is 180 Å². The summed E-state index contributed by atoms with van der Waals surface area (Å²) in [5.74, 6) is -4.54. The predicted molar refractivity (Wildman–Crippen MR) is 267 cm³/mol. The minimum atomic E-state index is -2.30. The van der Waals surface area contributed by atoms with Crippen molar-refractivity contribution in [2.45, 2.75) is 236 Å². The zero-order valence-corrected chi connectivity index (χ0v) is 46.8. The molecular weight excluding hydrogens is 1210 g/mol. The summed E-state index contributed by atoms with van der Waals surface area (Å²) in [5.41, 5.74) is 0. The molecular formula is C48H79N3O37. The monoisotopic (exact) mass is 1290 g/mol. The number of hydrogen-bond acceptors (Lipinski definition) is 36. The molecule has 508 valence electrons. The Hall–Kier alpha value is -3.40. The van der Waals surface area contributed by atoms with Crippen LogP contribution in [-0.2, 0) is 80.8 Å². The normalized spacial score (nSPS) is 48.5. The number of nitrogens with one attached hydrogen (secondary N) is 3. The molecule has 7 aliphatic rings. The Morgan fingerprint density at radius 3 is 1.02 bits per heavy atom. The molecule has 0 unspecified atom stereocenters. The Labute approximate surface area is 497 Å². The van der Waals surface area contributed by atoms with E-state index in [2.05, 4.69) is 16.0 Å². The van der Waals surface area contributed by atoms with Crippen LogP contribution in [0.2, 0.25) is 0 Å². The zero-order valence-electron chi connectivity index (χ0n) is 46.8. The van der Waals surface area contributed by atoms with Crippen LogP contribution in [0.15, 0.2) is 0 Å². The third-order valence-corrected chi connectivity index (χ3v) is 15.7. The number of rotatable bonds is 22. The maximum atomic E-state index is 12.9. The van der Waals surface area contributed by atoms with Gasteiger partial charge in [-0.15, -0.1) is 0 Å². The summed E-state index contributed by atoms with van der Waals surface area (Å²) in [6.07, 6.45) is -64.4. The average Bonchev–Trinajstić information content (AvgIpc) is 1.92. The molecule has 7 saturated heterocycles. The summed E-state index contributed by atoms with van der Waals surface area (Å²) in [6, 6.07) is -5.57. The lowest BCUT2D eigenvalue weighted by Gasteiger charge is -2.51. The molecule has 0 spiro atoms. The SMILES string of the molecule is CC(=O)N[C@H]1[C@H](O[C@H]2[C@H](O)[C@@H](NC(C)=O)[C@H](O[C@@H]3[C@H](O)[C@H](O[C@H]4[C@H](O)[C@@H](O)[C@H](O)O[C@@H]4CO)O[C@H](CO)[C@H]3O)O[C@@H]2CO)O[C@H](CO)[C@H](O[C@H]2O[C@H](CO)[C@H](O)[C@H](O[C@@H]3O[C@H](CO)[C@H](O)[C@H](O[C@@H]4O[C@H](C(=O)O)[C@@H](O)[C@H](O)[C@H]4O)[C@H]3O)[C@H]2NC(C)=O)[C@@H]1O. The molecule has 0 aromatic heterocycles. The highest BCUT2D eigenvalue weighted by molar-refractivity contribution is 5.74. The molecule has 3 amide bonds. The largest absolute Gasteiger partial charge is 0.479 e. The fourth-order valence-corrected chi connectivity index (χ4v) is 11.2. The Balaban J connectivity index is 1.11. The van der Waals surface area contributed by atoms with Crippen LogP contribution < -0.4 is 16.0 Å². The second-order valence-electron chi connectivity index (χ2n) is 21.8. The van der Waals surface area contributed by atoms with Crippen molar-refractivity contribution in [2.24, 2.45) is 0 Å². The Morgan fingerprint density at radius 2 is 0.614 bits per heavy atom. The summed E-state index contributed by atoms with van der Waals surface area (Å²) in [5, 5.41) is 222. The van der Waals surface area contributed by atoms with Crippen LogP contribution >= 0.6 is 0 Å². The molecule has 7 aliphatic heterocycles. The second kappa shape index (κ2) is 31.0. The molecule has 88 heavy (non-hydrogen) atoms. The van der Waals surface area contributed by atoms with Crippen LogP contribution in [-0.4, -0.2) is 380 Å². The summed E-state index contributed by atoms with van der Waals surface area (Å²) >= 11 is 0. The number of hydrogen-bond donors (Lipinski definition) is 23. The molecule has 7 rings (SSSR count). The van der Waals surface area contributed by atoms with Crippen molar-refractivity contribution in [2.75, 3.05) is 39.6 Å². The first-order chi connectivity index (χ1) is 41.5. The Morgan fingerprint density at radius 1 is 0.307 bits per heavy atom. The standard InChI is InChI=1S/C48H79N3O37/c1-10(58)49-19-25(64)35(83-45-21(51-12(3)60)37(22(61)13(4-52)77-45)85-48-33(72)39(24(63)15(6-54)79-48)87-46-31(70)27(66)28(67)40(88-46)41(73)74)18(9-57)80-43(19)82-34-17(8-56)81-44(20(26(34)65)50-11(2)59)86-38-23(62)14(5-53)78-47(32(38)71)84-36-16(7-55)76-42(75)30(69)29(36)68/h13-40,42-48,52-57,61-72,75H,4-9H2,1-3H3,(H,49,58)(H,50,59)(H,51,60)(H,73,74)/t13-,14-,15-,16-,17-,18-,19-,20-,21-,22+,23-,24+,25-,26-,27+,28+,29-,30-,31-,32+,33-,34-,35+,36-,37-,38+,39+,40+,42-,43+,44+,45-,46-,47+,48+/m1/s1. The van der Waals surface area contributed by atoms with E-state index in [0.717, 1.165) is 20.8 Å². The lowest BCUT2D eigenvalue weighted by Crippen LogP contribution is -2.72. The zero-order chi connectivity index (χ0) is 65.1. The average molecular weight is 1290 g/mol. The van der Waals surface area contributed by atoms with E-state index in [0.29, 0.717) is 0 Å². The molecule has 7 heterocycles. The van der Waals surface area contributed by atoms with Gasteiger partial charge in [-0.1, -0.05) is 0 Å². The van der Waals surface area contributed by atoms with Crippen molar-refractivity contribution >= 4 is 23.7 Å². The summed E-state index contributed by atoms with van der Waals surface area (Å²) in [7, 11) is 0. The fourth-order valence-electron chi connectivity index (χ4n) is 11.2.